The second kappa shape index (κ2) is 6.57. The molecule has 4 heteroatoms. The number of aromatic nitrogens is 1. The average Bonchev–Trinajstić information content (AvgIpc) is 3.35. The van der Waals surface area contributed by atoms with Crippen LogP contribution in [0.4, 0.5) is 0 Å². The molecule has 122 valence electrons. The molecular weight excluding hydrogens is 288 g/mol. The van der Waals surface area contributed by atoms with Gasteiger partial charge in [-0.1, -0.05) is 36.3 Å². The second-order valence-electron chi connectivity index (χ2n) is 6.40. The lowest BCUT2D eigenvalue weighted by atomic mass is 10.1. The summed E-state index contributed by atoms with van der Waals surface area (Å²) < 4.78 is 5.18. The standard InChI is InChI=1S/C19H24N2O2/c1-4-15-5-7-16(8-6-15)12-21(17-9-10-17)19(22)11-18-13(2)20-23-14(18)3/h5-8,17H,4,9-12H2,1-3H3. The number of nitrogens with zero attached hydrogens (tertiary/aromatic N) is 2. The Labute approximate surface area is 137 Å². The van der Waals surface area contributed by atoms with E-state index in [1.807, 2.05) is 18.7 Å². The smallest absolute Gasteiger partial charge is 0.227 e. The molecule has 1 amide bonds. The van der Waals surface area contributed by atoms with Crippen molar-refractivity contribution in [1.82, 2.24) is 10.1 Å². The lowest BCUT2D eigenvalue weighted by Gasteiger charge is -2.23. The zero-order valence-electron chi connectivity index (χ0n) is 14.1. The highest BCUT2D eigenvalue weighted by Gasteiger charge is 2.33. The van der Waals surface area contributed by atoms with Gasteiger partial charge in [0, 0.05) is 18.2 Å². The number of rotatable bonds is 6. The van der Waals surface area contributed by atoms with Crippen LogP contribution in [0.15, 0.2) is 28.8 Å². The molecular formula is C19H24N2O2. The number of amides is 1. The van der Waals surface area contributed by atoms with Crippen LogP contribution in [0.25, 0.3) is 0 Å². The molecule has 0 radical (unpaired) electrons. The highest BCUT2D eigenvalue weighted by Crippen LogP contribution is 2.29. The molecule has 0 spiro atoms. The quantitative estimate of drug-likeness (QED) is 0.819. The third kappa shape index (κ3) is 3.63. The molecule has 23 heavy (non-hydrogen) atoms. The van der Waals surface area contributed by atoms with Crippen molar-refractivity contribution in [2.45, 2.75) is 59.0 Å². The van der Waals surface area contributed by atoms with Crippen molar-refractivity contribution in [3.05, 3.63) is 52.4 Å². The molecule has 0 N–H and O–H groups in total. The highest BCUT2D eigenvalue weighted by atomic mass is 16.5. The number of hydrogen-bond acceptors (Lipinski definition) is 3. The predicted octanol–water partition coefficient (Wildman–Crippen LogP) is 3.59. The zero-order chi connectivity index (χ0) is 16.4. The Balaban J connectivity index is 1.72. The van der Waals surface area contributed by atoms with E-state index in [2.05, 4.69) is 36.3 Å². The lowest BCUT2D eigenvalue weighted by molar-refractivity contribution is -0.131. The first kappa shape index (κ1) is 15.8. The molecule has 4 nitrogen and oxygen atoms in total. The molecule has 2 aromatic rings. The molecule has 0 unspecified atom stereocenters. The summed E-state index contributed by atoms with van der Waals surface area (Å²) in [5.74, 6) is 0.917. The van der Waals surface area contributed by atoms with Crippen LogP contribution in [-0.4, -0.2) is 22.0 Å². The summed E-state index contributed by atoms with van der Waals surface area (Å²) in [6, 6.07) is 8.97. The van der Waals surface area contributed by atoms with Crippen molar-refractivity contribution >= 4 is 5.91 Å². The summed E-state index contributed by atoms with van der Waals surface area (Å²) in [6.45, 7) is 6.60. The van der Waals surface area contributed by atoms with Gasteiger partial charge in [0.1, 0.15) is 5.76 Å². The fourth-order valence-corrected chi connectivity index (χ4v) is 2.89. The van der Waals surface area contributed by atoms with Crippen LogP contribution in [0.3, 0.4) is 0 Å². The van der Waals surface area contributed by atoms with Gasteiger partial charge in [-0.2, -0.15) is 0 Å². The second-order valence-corrected chi connectivity index (χ2v) is 6.40. The van der Waals surface area contributed by atoms with Crippen molar-refractivity contribution in [2.75, 3.05) is 0 Å². The van der Waals surface area contributed by atoms with Gasteiger partial charge in [-0.3, -0.25) is 4.79 Å². The SMILES string of the molecule is CCc1ccc(CN(C(=O)Cc2c(C)noc2C)C2CC2)cc1. The topological polar surface area (TPSA) is 46.3 Å². The molecule has 1 aromatic heterocycles. The predicted molar refractivity (Wildman–Crippen MR) is 89.1 cm³/mol. The summed E-state index contributed by atoms with van der Waals surface area (Å²) in [7, 11) is 0. The molecule has 1 aliphatic carbocycles. The fourth-order valence-electron chi connectivity index (χ4n) is 2.89. The van der Waals surface area contributed by atoms with Crippen molar-refractivity contribution in [3.63, 3.8) is 0 Å². The number of carbonyl (C=O) groups excluding carboxylic acids is 1. The van der Waals surface area contributed by atoms with Gasteiger partial charge in [-0.05, 0) is 44.2 Å². The summed E-state index contributed by atoms with van der Waals surface area (Å²) in [5.41, 5.74) is 4.27. The first-order valence-electron chi connectivity index (χ1n) is 8.37. The van der Waals surface area contributed by atoms with Gasteiger partial charge in [-0.15, -0.1) is 0 Å². The Kier molecular flexibility index (Phi) is 4.51. The van der Waals surface area contributed by atoms with E-state index in [-0.39, 0.29) is 5.91 Å². The summed E-state index contributed by atoms with van der Waals surface area (Å²) in [4.78, 5) is 14.8. The van der Waals surface area contributed by atoms with Crippen LogP contribution in [0.2, 0.25) is 0 Å². The van der Waals surface area contributed by atoms with Gasteiger partial charge in [0.25, 0.3) is 0 Å². The minimum Gasteiger partial charge on any atom is -0.361 e. The van der Waals surface area contributed by atoms with Crippen LogP contribution in [0.5, 0.6) is 0 Å². The third-order valence-electron chi connectivity index (χ3n) is 4.60. The summed E-state index contributed by atoms with van der Waals surface area (Å²) in [5, 5.41) is 3.95. The van der Waals surface area contributed by atoms with Crippen molar-refractivity contribution in [2.24, 2.45) is 0 Å². The zero-order valence-corrected chi connectivity index (χ0v) is 14.1. The van der Waals surface area contributed by atoms with E-state index < -0.39 is 0 Å². The van der Waals surface area contributed by atoms with Gasteiger partial charge >= 0.3 is 0 Å². The maximum atomic E-state index is 12.8. The van der Waals surface area contributed by atoms with E-state index in [0.29, 0.717) is 19.0 Å². The first-order valence-corrected chi connectivity index (χ1v) is 8.37. The van der Waals surface area contributed by atoms with E-state index in [1.165, 1.54) is 11.1 Å². The lowest BCUT2D eigenvalue weighted by Crippen LogP contribution is -2.34. The first-order chi connectivity index (χ1) is 11.1. The average molecular weight is 312 g/mol. The minimum atomic E-state index is 0.168. The van der Waals surface area contributed by atoms with E-state index in [0.717, 1.165) is 36.3 Å². The van der Waals surface area contributed by atoms with Crippen molar-refractivity contribution < 1.29 is 9.32 Å². The van der Waals surface area contributed by atoms with Gasteiger partial charge < -0.3 is 9.42 Å². The Hall–Kier alpha value is -2.10. The Bertz CT molecular complexity index is 664. The highest BCUT2D eigenvalue weighted by molar-refractivity contribution is 5.79. The molecule has 0 saturated heterocycles. The largest absolute Gasteiger partial charge is 0.361 e. The maximum Gasteiger partial charge on any atom is 0.227 e. The van der Waals surface area contributed by atoms with Crippen LogP contribution >= 0.6 is 0 Å². The molecule has 1 saturated carbocycles. The molecule has 0 atom stereocenters. The van der Waals surface area contributed by atoms with Crippen molar-refractivity contribution in [1.29, 1.82) is 0 Å². The molecule has 1 fully saturated rings. The van der Waals surface area contributed by atoms with Crippen LogP contribution < -0.4 is 0 Å². The number of aryl methyl sites for hydroxylation is 3. The molecule has 1 heterocycles. The van der Waals surface area contributed by atoms with E-state index >= 15 is 0 Å². The molecule has 3 rings (SSSR count). The van der Waals surface area contributed by atoms with Crippen LogP contribution in [-0.2, 0) is 24.2 Å². The van der Waals surface area contributed by atoms with Crippen molar-refractivity contribution in [3.8, 4) is 0 Å². The Morgan fingerprint density at radius 3 is 2.39 bits per heavy atom. The Morgan fingerprint density at radius 2 is 1.87 bits per heavy atom. The van der Waals surface area contributed by atoms with E-state index in [1.54, 1.807) is 0 Å². The summed E-state index contributed by atoms with van der Waals surface area (Å²) in [6.07, 6.45) is 3.64. The molecule has 1 aromatic carbocycles. The number of benzene rings is 1. The third-order valence-corrected chi connectivity index (χ3v) is 4.60. The monoisotopic (exact) mass is 312 g/mol. The van der Waals surface area contributed by atoms with E-state index in [4.69, 9.17) is 4.52 Å². The van der Waals surface area contributed by atoms with E-state index in [9.17, 15) is 4.79 Å². The Morgan fingerprint density at radius 1 is 1.22 bits per heavy atom. The van der Waals surface area contributed by atoms with Crippen LogP contribution in [0, 0.1) is 13.8 Å². The van der Waals surface area contributed by atoms with Gasteiger partial charge in [-0.25, -0.2) is 0 Å². The minimum absolute atomic E-state index is 0.168. The van der Waals surface area contributed by atoms with Crippen LogP contribution in [0.1, 0.15) is 47.9 Å². The number of carbonyl (C=O) groups is 1. The number of hydrogen-bond donors (Lipinski definition) is 0. The molecule has 0 aliphatic heterocycles. The summed E-state index contributed by atoms with van der Waals surface area (Å²) >= 11 is 0. The van der Waals surface area contributed by atoms with Gasteiger partial charge in [0.05, 0.1) is 12.1 Å². The maximum absolute atomic E-state index is 12.8. The molecule has 1 aliphatic rings. The normalized spacial score (nSPS) is 14.0. The fraction of sp³-hybridized carbons (Fsp3) is 0.474. The van der Waals surface area contributed by atoms with Gasteiger partial charge in [0.15, 0.2) is 0 Å². The molecule has 0 bridgehead atoms. The van der Waals surface area contributed by atoms with Gasteiger partial charge in [0.2, 0.25) is 5.91 Å².